The summed E-state index contributed by atoms with van der Waals surface area (Å²) in [5.74, 6) is -0.0613. The highest BCUT2D eigenvalue weighted by Crippen LogP contribution is 2.39. The summed E-state index contributed by atoms with van der Waals surface area (Å²) >= 11 is 13.7. The number of rotatable bonds is 2. The number of aromatic hydroxyl groups is 1. The van der Waals surface area contributed by atoms with Gasteiger partial charge < -0.3 is 10.4 Å². The number of phenolic OH excluding ortho intramolecular Hbond substituents is 1. The fraction of sp³-hybridized carbons (Fsp3) is 0.286. The molecule has 0 saturated heterocycles. The molecule has 0 saturated carbocycles. The molecule has 1 atom stereocenters. The average Bonchev–Trinajstić information content (AvgIpc) is 2.85. The Hall–Kier alpha value is -0.900. The van der Waals surface area contributed by atoms with E-state index in [2.05, 4.69) is 16.8 Å². The number of nitrogens with one attached hydrogen (secondary N) is 1. The van der Waals surface area contributed by atoms with Gasteiger partial charge in [0.05, 0.1) is 16.1 Å². The maximum atomic E-state index is 9.57. The summed E-state index contributed by atoms with van der Waals surface area (Å²) in [7, 11) is 0. The Labute approximate surface area is 126 Å². The molecule has 0 spiro atoms. The molecule has 1 aromatic heterocycles. The van der Waals surface area contributed by atoms with Crippen LogP contribution < -0.4 is 5.32 Å². The van der Waals surface area contributed by atoms with Gasteiger partial charge in [-0.15, -0.1) is 11.3 Å². The molecular formula is C14H13Cl2NOS. The molecule has 1 aliphatic rings. The van der Waals surface area contributed by atoms with Gasteiger partial charge in [-0.2, -0.15) is 0 Å². The average molecular weight is 314 g/mol. The van der Waals surface area contributed by atoms with Crippen LogP contribution in [0, 0.1) is 0 Å². The normalized spacial score (nSPS) is 18.1. The molecule has 0 radical (unpaired) electrons. The van der Waals surface area contributed by atoms with E-state index < -0.39 is 0 Å². The van der Waals surface area contributed by atoms with Crippen LogP contribution in [0.3, 0.4) is 0 Å². The maximum Gasteiger partial charge on any atom is 0.152 e. The van der Waals surface area contributed by atoms with Crippen molar-refractivity contribution >= 4 is 40.2 Å². The molecular weight excluding hydrogens is 301 g/mol. The summed E-state index contributed by atoms with van der Waals surface area (Å²) in [5.41, 5.74) is 2.22. The number of thiophene rings is 1. The fourth-order valence-electron chi connectivity index (χ4n) is 2.49. The molecule has 1 aromatic carbocycles. The Morgan fingerprint density at radius 1 is 1.26 bits per heavy atom. The van der Waals surface area contributed by atoms with Crippen LogP contribution in [0.4, 0.5) is 5.69 Å². The summed E-state index contributed by atoms with van der Waals surface area (Å²) in [6.07, 6.45) is 3.45. The number of halogens is 2. The summed E-state index contributed by atoms with van der Waals surface area (Å²) in [5, 5.41) is 15.7. The predicted molar refractivity (Wildman–Crippen MR) is 81.7 cm³/mol. The van der Waals surface area contributed by atoms with Gasteiger partial charge in [0, 0.05) is 10.6 Å². The van der Waals surface area contributed by atoms with Gasteiger partial charge in [-0.1, -0.05) is 23.2 Å². The molecule has 0 bridgehead atoms. The number of anilines is 1. The monoisotopic (exact) mass is 313 g/mol. The molecule has 100 valence electrons. The van der Waals surface area contributed by atoms with Crippen molar-refractivity contribution < 1.29 is 5.11 Å². The topological polar surface area (TPSA) is 32.3 Å². The third-order valence-electron chi connectivity index (χ3n) is 3.41. The second-order valence-corrected chi connectivity index (χ2v) is 6.49. The number of phenols is 1. The molecule has 2 nitrogen and oxygen atoms in total. The maximum absolute atomic E-state index is 9.57. The van der Waals surface area contributed by atoms with Crippen molar-refractivity contribution in [3.63, 3.8) is 0 Å². The van der Waals surface area contributed by atoms with Crippen LogP contribution in [-0.4, -0.2) is 5.11 Å². The Balaban J connectivity index is 1.87. The Kier molecular flexibility index (Phi) is 3.61. The number of aryl methyl sites for hydroxylation is 1. The second kappa shape index (κ2) is 5.23. The third kappa shape index (κ3) is 2.55. The van der Waals surface area contributed by atoms with Gasteiger partial charge in [-0.05, 0) is 48.4 Å². The van der Waals surface area contributed by atoms with Crippen LogP contribution >= 0.6 is 34.5 Å². The highest BCUT2D eigenvalue weighted by molar-refractivity contribution is 7.10. The first-order valence-electron chi connectivity index (χ1n) is 6.16. The van der Waals surface area contributed by atoms with E-state index in [9.17, 15) is 5.11 Å². The molecule has 2 aromatic rings. The van der Waals surface area contributed by atoms with Gasteiger partial charge in [0.1, 0.15) is 0 Å². The molecule has 0 amide bonds. The first-order chi connectivity index (χ1) is 9.15. The standard InChI is InChI=1S/C14H13Cl2NOS/c15-10-6-8(7-11(16)14(10)18)17-12-2-1-3-13-9(12)4-5-19-13/h4-7,12,17-18H,1-3H2. The molecule has 3 rings (SSSR count). The van der Waals surface area contributed by atoms with Crippen LogP contribution in [0.15, 0.2) is 23.6 Å². The molecule has 1 aliphatic carbocycles. The lowest BCUT2D eigenvalue weighted by atomic mass is 9.94. The largest absolute Gasteiger partial charge is 0.505 e. The molecule has 5 heteroatoms. The van der Waals surface area contributed by atoms with Gasteiger partial charge in [-0.3, -0.25) is 0 Å². The van der Waals surface area contributed by atoms with Gasteiger partial charge in [0.2, 0.25) is 0 Å². The number of fused-ring (bicyclic) bond motifs is 1. The highest BCUT2D eigenvalue weighted by Gasteiger charge is 2.21. The lowest BCUT2D eigenvalue weighted by molar-refractivity contribution is 0.476. The van der Waals surface area contributed by atoms with Crippen molar-refractivity contribution in [3.05, 3.63) is 44.1 Å². The van der Waals surface area contributed by atoms with Gasteiger partial charge in [0.25, 0.3) is 0 Å². The number of hydrogen-bond donors (Lipinski definition) is 2. The van der Waals surface area contributed by atoms with Crippen LogP contribution in [-0.2, 0) is 6.42 Å². The zero-order valence-corrected chi connectivity index (χ0v) is 12.4. The van der Waals surface area contributed by atoms with E-state index >= 15 is 0 Å². The van der Waals surface area contributed by atoms with Crippen molar-refractivity contribution in [1.82, 2.24) is 0 Å². The molecule has 2 N–H and O–H groups in total. The summed E-state index contributed by atoms with van der Waals surface area (Å²) < 4.78 is 0. The second-order valence-electron chi connectivity index (χ2n) is 4.68. The van der Waals surface area contributed by atoms with Crippen LogP contribution in [0.1, 0.15) is 29.3 Å². The van der Waals surface area contributed by atoms with Crippen LogP contribution in [0.5, 0.6) is 5.75 Å². The molecule has 0 aliphatic heterocycles. The SMILES string of the molecule is Oc1c(Cl)cc(NC2CCCc3sccc32)cc1Cl. The summed E-state index contributed by atoms with van der Waals surface area (Å²) in [6.45, 7) is 0. The van der Waals surface area contributed by atoms with Crippen molar-refractivity contribution in [2.45, 2.75) is 25.3 Å². The fourth-order valence-corrected chi connectivity index (χ4v) is 3.96. The summed E-state index contributed by atoms with van der Waals surface area (Å²) in [6, 6.07) is 5.90. The van der Waals surface area contributed by atoms with E-state index in [1.807, 2.05) is 11.3 Å². The number of hydrogen-bond acceptors (Lipinski definition) is 3. The van der Waals surface area contributed by atoms with E-state index in [4.69, 9.17) is 23.2 Å². The van der Waals surface area contributed by atoms with Gasteiger partial charge >= 0.3 is 0 Å². The zero-order chi connectivity index (χ0) is 13.4. The van der Waals surface area contributed by atoms with Crippen molar-refractivity contribution in [1.29, 1.82) is 0 Å². The molecule has 19 heavy (non-hydrogen) atoms. The van der Waals surface area contributed by atoms with Gasteiger partial charge in [-0.25, -0.2) is 0 Å². The van der Waals surface area contributed by atoms with E-state index in [1.54, 1.807) is 12.1 Å². The zero-order valence-electron chi connectivity index (χ0n) is 10.1. The Morgan fingerprint density at radius 2 is 2.00 bits per heavy atom. The smallest absolute Gasteiger partial charge is 0.152 e. The number of benzene rings is 1. The minimum atomic E-state index is -0.0613. The van der Waals surface area contributed by atoms with Crippen LogP contribution in [0.2, 0.25) is 10.0 Å². The van der Waals surface area contributed by atoms with Crippen molar-refractivity contribution in [3.8, 4) is 5.75 Å². The molecule has 1 heterocycles. The van der Waals surface area contributed by atoms with E-state index in [-0.39, 0.29) is 15.8 Å². The Morgan fingerprint density at radius 3 is 2.74 bits per heavy atom. The van der Waals surface area contributed by atoms with Gasteiger partial charge in [0.15, 0.2) is 5.75 Å². The predicted octanol–water partition coefficient (Wildman–Crippen LogP) is 5.25. The lowest BCUT2D eigenvalue weighted by Crippen LogP contribution is -2.15. The third-order valence-corrected chi connectivity index (χ3v) is 4.98. The lowest BCUT2D eigenvalue weighted by Gasteiger charge is -2.25. The molecule has 1 unspecified atom stereocenters. The van der Waals surface area contributed by atoms with E-state index in [1.165, 1.54) is 23.3 Å². The first kappa shape index (κ1) is 13.1. The molecule has 0 fully saturated rings. The summed E-state index contributed by atoms with van der Waals surface area (Å²) in [4.78, 5) is 1.46. The quantitative estimate of drug-likeness (QED) is 0.742. The van der Waals surface area contributed by atoms with E-state index in [0.29, 0.717) is 6.04 Å². The van der Waals surface area contributed by atoms with Crippen molar-refractivity contribution in [2.75, 3.05) is 5.32 Å². The first-order valence-corrected chi connectivity index (χ1v) is 7.79. The van der Waals surface area contributed by atoms with Crippen molar-refractivity contribution in [2.24, 2.45) is 0 Å². The Bertz CT molecular complexity index is 588. The van der Waals surface area contributed by atoms with E-state index in [0.717, 1.165) is 12.1 Å². The minimum Gasteiger partial charge on any atom is -0.505 e. The van der Waals surface area contributed by atoms with Crippen LogP contribution in [0.25, 0.3) is 0 Å². The highest BCUT2D eigenvalue weighted by atomic mass is 35.5. The minimum absolute atomic E-state index is 0.0613.